The highest BCUT2D eigenvalue weighted by Crippen LogP contribution is 2.19. The molecule has 1 fully saturated rings. The minimum absolute atomic E-state index is 0.411. The summed E-state index contributed by atoms with van der Waals surface area (Å²) >= 11 is 0. The first-order valence-corrected chi connectivity index (χ1v) is 6.90. The summed E-state index contributed by atoms with van der Waals surface area (Å²) in [7, 11) is 0. The van der Waals surface area contributed by atoms with Crippen molar-refractivity contribution in [3.05, 3.63) is 35.4 Å². The van der Waals surface area contributed by atoms with E-state index in [4.69, 9.17) is 10.5 Å². The zero-order valence-corrected chi connectivity index (χ0v) is 11.2. The van der Waals surface area contributed by atoms with Gasteiger partial charge in [0.2, 0.25) is 0 Å². The van der Waals surface area contributed by atoms with Crippen LogP contribution in [0.5, 0.6) is 0 Å². The van der Waals surface area contributed by atoms with Crippen molar-refractivity contribution in [2.75, 3.05) is 19.7 Å². The molecule has 2 rings (SSSR count). The van der Waals surface area contributed by atoms with Crippen molar-refractivity contribution in [2.45, 2.75) is 32.4 Å². The monoisotopic (exact) mass is 248 g/mol. The number of hydrogen-bond acceptors (Lipinski definition) is 3. The first-order valence-electron chi connectivity index (χ1n) is 6.90. The minimum atomic E-state index is 0.411. The number of rotatable bonds is 6. The van der Waals surface area contributed by atoms with Gasteiger partial charge >= 0.3 is 0 Å². The summed E-state index contributed by atoms with van der Waals surface area (Å²) in [4.78, 5) is 0. The molecule has 3 N–H and O–H groups in total. The van der Waals surface area contributed by atoms with Crippen LogP contribution in [0.3, 0.4) is 0 Å². The van der Waals surface area contributed by atoms with E-state index in [9.17, 15) is 0 Å². The van der Waals surface area contributed by atoms with Gasteiger partial charge in [-0.25, -0.2) is 0 Å². The second kappa shape index (κ2) is 6.88. The van der Waals surface area contributed by atoms with Crippen LogP contribution in [0.25, 0.3) is 0 Å². The highest BCUT2D eigenvalue weighted by molar-refractivity contribution is 5.27. The predicted octanol–water partition coefficient (Wildman–Crippen LogP) is 1.70. The Bertz CT molecular complexity index is 367. The number of benzene rings is 1. The molecule has 2 unspecified atom stereocenters. The molecule has 0 saturated carbocycles. The summed E-state index contributed by atoms with van der Waals surface area (Å²) in [6.07, 6.45) is 2.65. The van der Waals surface area contributed by atoms with Gasteiger partial charge in [-0.05, 0) is 43.4 Å². The van der Waals surface area contributed by atoms with E-state index in [1.165, 1.54) is 17.5 Å². The van der Waals surface area contributed by atoms with Gasteiger partial charge in [0.1, 0.15) is 0 Å². The van der Waals surface area contributed by atoms with Gasteiger partial charge in [0.25, 0.3) is 0 Å². The van der Waals surface area contributed by atoms with Crippen LogP contribution >= 0.6 is 0 Å². The van der Waals surface area contributed by atoms with Crippen molar-refractivity contribution >= 4 is 0 Å². The Morgan fingerprint density at radius 1 is 1.33 bits per heavy atom. The number of nitrogens with one attached hydrogen (secondary N) is 1. The van der Waals surface area contributed by atoms with Gasteiger partial charge in [-0.3, -0.25) is 0 Å². The predicted molar refractivity (Wildman–Crippen MR) is 74.4 cm³/mol. The Morgan fingerprint density at radius 3 is 2.78 bits per heavy atom. The highest BCUT2D eigenvalue weighted by Gasteiger charge is 2.23. The van der Waals surface area contributed by atoms with Crippen molar-refractivity contribution in [1.82, 2.24) is 5.32 Å². The van der Waals surface area contributed by atoms with Gasteiger partial charge in [-0.1, -0.05) is 24.3 Å². The van der Waals surface area contributed by atoms with E-state index in [-0.39, 0.29) is 0 Å². The Labute approximate surface area is 110 Å². The standard InChI is InChI=1S/C15H24N2O/c1-12-15(7-9-18-12)11-17-8-6-13-4-2-3-5-14(13)10-16/h2-5,12,15,17H,6-11,16H2,1H3. The van der Waals surface area contributed by atoms with Gasteiger partial charge in [0, 0.05) is 19.7 Å². The van der Waals surface area contributed by atoms with Crippen LogP contribution in [0, 0.1) is 5.92 Å². The fourth-order valence-electron chi connectivity index (χ4n) is 2.56. The van der Waals surface area contributed by atoms with Crippen LogP contribution in [0.1, 0.15) is 24.5 Å². The lowest BCUT2D eigenvalue weighted by Gasteiger charge is -2.15. The van der Waals surface area contributed by atoms with Crippen molar-refractivity contribution in [3.8, 4) is 0 Å². The van der Waals surface area contributed by atoms with Crippen LogP contribution in [0.4, 0.5) is 0 Å². The van der Waals surface area contributed by atoms with Gasteiger partial charge in [-0.15, -0.1) is 0 Å². The summed E-state index contributed by atoms with van der Waals surface area (Å²) in [5.41, 5.74) is 8.36. The molecule has 1 saturated heterocycles. The van der Waals surface area contributed by atoms with Crippen molar-refractivity contribution < 1.29 is 4.74 Å². The van der Waals surface area contributed by atoms with E-state index in [0.717, 1.165) is 26.1 Å². The van der Waals surface area contributed by atoms with E-state index in [1.54, 1.807) is 0 Å². The summed E-state index contributed by atoms with van der Waals surface area (Å²) in [6.45, 7) is 5.79. The van der Waals surface area contributed by atoms with Gasteiger partial charge < -0.3 is 15.8 Å². The van der Waals surface area contributed by atoms with Gasteiger partial charge in [0.15, 0.2) is 0 Å². The topological polar surface area (TPSA) is 47.3 Å². The van der Waals surface area contributed by atoms with Crippen molar-refractivity contribution in [3.63, 3.8) is 0 Å². The largest absolute Gasteiger partial charge is 0.378 e. The summed E-state index contributed by atoms with van der Waals surface area (Å²) in [5, 5.41) is 3.54. The zero-order chi connectivity index (χ0) is 12.8. The maximum atomic E-state index is 5.74. The Kier molecular flexibility index (Phi) is 5.17. The van der Waals surface area contributed by atoms with Crippen LogP contribution in [0.2, 0.25) is 0 Å². The Hall–Kier alpha value is -0.900. The van der Waals surface area contributed by atoms with Crippen molar-refractivity contribution in [2.24, 2.45) is 11.7 Å². The van der Waals surface area contributed by atoms with E-state index in [0.29, 0.717) is 18.6 Å². The molecular weight excluding hydrogens is 224 g/mol. The average molecular weight is 248 g/mol. The Morgan fingerprint density at radius 2 is 2.11 bits per heavy atom. The highest BCUT2D eigenvalue weighted by atomic mass is 16.5. The van der Waals surface area contributed by atoms with Gasteiger partial charge in [-0.2, -0.15) is 0 Å². The molecular formula is C15H24N2O. The first-order chi connectivity index (χ1) is 8.81. The molecule has 0 radical (unpaired) electrons. The van der Waals surface area contributed by atoms with E-state index < -0.39 is 0 Å². The molecule has 1 aliphatic heterocycles. The molecule has 0 aliphatic carbocycles. The quantitative estimate of drug-likeness (QED) is 0.753. The third-order valence-electron chi connectivity index (χ3n) is 3.85. The SMILES string of the molecule is CC1OCCC1CNCCc1ccccc1CN. The number of nitrogens with two attached hydrogens (primary N) is 1. The number of ether oxygens (including phenoxy) is 1. The zero-order valence-electron chi connectivity index (χ0n) is 11.2. The molecule has 2 atom stereocenters. The first kappa shape index (κ1) is 13.5. The van der Waals surface area contributed by atoms with Crippen LogP contribution in [-0.2, 0) is 17.7 Å². The van der Waals surface area contributed by atoms with Crippen molar-refractivity contribution in [1.29, 1.82) is 0 Å². The fourth-order valence-corrected chi connectivity index (χ4v) is 2.56. The minimum Gasteiger partial charge on any atom is -0.378 e. The van der Waals surface area contributed by atoms with Crippen LogP contribution in [0.15, 0.2) is 24.3 Å². The molecule has 0 spiro atoms. The second-order valence-corrected chi connectivity index (χ2v) is 5.05. The Balaban J connectivity index is 1.71. The third kappa shape index (κ3) is 3.55. The number of hydrogen-bond donors (Lipinski definition) is 2. The lowest BCUT2D eigenvalue weighted by Crippen LogP contribution is -2.28. The summed E-state index contributed by atoms with van der Waals surface area (Å²) in [6, 6.07) is 8.42. The maximum absolute atomic E-state index is 5.74. The maximum Gasteiger partial charge on any atom is 0.0588 e. The molecule has 1 aromatic rings. The lowest BCUT2D eigenvalue weighted by atomic mass is 10.0. The molecule has 1 aromatic carbocycles. The van der Waals surface area contributed by atoms with E-state index >= 15 is 0 Å². The lowest BCUT2D eigenvalue weighted by molar-refractivity contribution is 0.105. The molecule has 3 heteroatoms. The molecule has 0 bridgehead atoms. The molecule has 100 valence electrons. The average Bonchev–Trinajstić information content (AvgIpc) is 2.81. The molecule has 0 amide bonds. The van der Waals surface area contributed by atoms with E-state index in [2.05, 4.69) is 36.5 Å². The van der Waals surface area contributed by atoms with E-state index in [1.807, 2.05) is 0 Å². The molecule has 0 aromatic heterocycles. The molecule has 3 nitrogen and oxygen atoms in total. The molecule has 1 heterocycles. The molecule has 18 heavy (non-hydrogen) atoms. The normalized spacial score (nSPS) is 23.4. The molecule has 1 aliphatic rings. The van der Waals surface area contributed by atoms with Crippen LogP contribution in [-0.4, -0.2) is 25.8 Å². The third-order valence-corrected chi connectivity index (χ3v) is 3.85. The van der Waals surface area contributed by atoms with Gasteiger partial charge in [0.05, 0.1) is 6.10 Å². The smallest absolute Gasteiger partial charge is 0.0588 e. The summed E-state index contributed by atoms with van der Waals surface area (Å²) in [5.74, 6) is 0.676. The summed E-state index contributed by atoms with van der Waals surface area (Å²) < 4.78 is 5.56. The second-order valence-electron chi connectivity index (χ2n) is 5.05. The van der Waals surface area contributed by atoms with Crippen LogP contribution < -0.4 is 11.1 Å². The fraction of sp³-hybridized carbons (Fsp3) is 0.600.